The van der Waals surface area contributed by atoms with Gasteiger partial charge in [-0.3, -0.25) is 0 Å². The normalized spacial score (nSPS) is 10.7. The Morgan fingerprint density at radius 3 is 3.05 bits per heavy atom. The molecular formula is C14H13N5O2. The lowest BCUT2D eigenvalue weighted by molar-refractivity contribution is 0.0526. The predicted molar refractivity (Wildman–Crippen MR) is 76.6 cm³/mol. The van der Waals surface area contributed by atoms with Crippen LogP contribution in [-0.2, 0) is 4.74 Å². The zero-order valence-electron chi connectivity index (χ0n) is 11.4. The molecule has 7 heteroatoms. The standard InChI is InChI=1S/C14H13N5O2/c1-2-21-13(20)10-5-3-4-9(8-10)12-16-7-6-11-17-14(15)18-19(11)12/h3-8H,2H2,1H3,(H2,15,18). The Morgan fingerprint density at radius 1 is 1.38 bits per heavy atom. The molecule has 2 aromatic heterocycles. The van der Waals surface area contributed by atoms with Crippen LogP contribution >= 0.6 is 0 Å². The van der Waals surface area contributed by atoms with Crippen molar-refractivity contribution in [2.45, 2.75) is 6.92 Å². The van der Waals surface area contributed by atoms with E-state index >= 15 is 0 Å². The number of fused-ring (bicyclic) bond motifs is 1. The minimum Gasteiger partial charge on any atom is -0.462 e. The monoisotopic (exact) mass is 283 g/mol. The molecule has 106 valence electrons. The fraction of sp³-hybridized carbons (Fsp3) is 0.143. The second-order valence-electron chi connectivity index (χ2n) is 4.31. The molecule has 0 bridgehead atoms. The summed E-state index contributed by atoms with van der Waals surface area (Å²) in [5, 5.41) is 4.10. The third-order valence-electron chi connectivity index (χ3n) is 2.90. The van der Waals surface area contributed by atoms with Crippen molar-refractivity contribution in [2.24, 2.45) is 0 Å². The fourth-order valence-electron chi connectivity index (χ4n) is 2.03. The van der Waals surface area contributed by atoms with Crippen LogP contribution in [0.2, 0.25) is 0 Å². The average Bonchev–Trinajstić information content (AvgIpc) is 2.87. The van der Waals surface area contributed by atoms with Gasteiger partial charge in [-0.25, -0.2) is 9.78 Å². The SMILES string of the molecule is CCOC(=O)c1cccc(-c2nccc3nc(N)nn23)c1. The Bertz CT molecular complexity index is 812. The Morgan fingerprint density at radius 2 is 2.24 bits per heavy atom. The number of anilines is 1. The van der Waals surface area contributed by atoms with Gasteiger partial charge in [-0.1, -0.05) is 12.1 Å². The van der Waals surface area contributed by atoms with Crippen molar-refractivity contribution in [1.29, 1.82) is 0 Å². The number of carbonyl (C=O) groups excluding carboxylic acids is 1. The third-order valence-corrected chi connectivity index (χ3v) is 2.90. The van der Waals surface area contributed by atoms with E-state index in [9.17, 15) is 4.79 Å². The number of benzene rings is 1. The van der Waals surface area contributed by atoms with E-state index in [2.05, 4.69) is 15.1 Å². The van der Waals surface area contributed by atoms with Gasteiger partial charge in [0, 0.05) is 17.8 Å². The molecule has 0 aliphatic heterocycles. The lowest BCUT2D eigenvalue weighted by Gasteiger charge is -2.05. The van der Waals surface area contributed by atoms with Crippen LogP contribution in [0.5, 0.6) is 0 Å². The highest BCUT2D eigenvalue weighted by Crippen LogP contribution is 2.19. The molecule has 0 saturated heterocycles. The second kappa shape index (κ2) is 5.20. The van der Waals surface area contributed by atoms with Crippen LogP contribution in [0.1, 0.15) is 17.3 Å². The van der Waals surface area contributed by atoms with E-state index in [4.69, 9.17) is 10.5 Å². The van der Waals surface area contributed by atoms with E-state index in [1.54, 1.807) is 41.9 Å². The molecule has 3 rings (SSSR count). The number of ether oxygens (including phenoxy) is 1. The molecule has 0 aliphatic carbocycles. The van der Waals surface area contributed by atoms with Gasteiger partial charge >= 0.3 is 5.97 Å². The van der Waals surface area contributed by atoms with Gasteiger partial charge in [-0.05, 0) is 19.1 Å². The molecule has 21 heavy (non-hydrogen) atoms. The molecule has 0 amide bonds. The summed E-state index contributed by atoms with van der Waals surface area (Å²) in [5.74, 6) is 0.360. The number of aromatic nitrogens is 4. The highest BCUT2D eigenvalue weighted by molar-refractivity contribution is 5.90. The Hall–Kier alpha value is -2.96. The number of carbonyl (C=O) groups is 1. The van der Waals surface area contributed by atoms with E-state index in [1.807, 2.05) is 6.07 Å². The van der Waals surface area contributed by atoms with Crippen molar-refractivity contribution in [1.82, 2.24) is 19.6 Å². The van der Waals surface area contributed by atoms with Crippen molar-refractivity contribution in [3.8, 4) is 11.4 Å². The number of nitrogens with two attached hydrogens (primary N) is 1. The number of esters is 1. The number of nitrogen functional groups attached to an aromatic ring is 1. The zero-order valence-corrected chi connectivity index (χ0v) is 11.4. The summed E-state index contributed by atoms with van der Waals surface area (Å²) < 4.78 is 6.54. The summed E-state index contributed by atoms with van der Waals surface area (Å²) in [4.78, 5) is 20.2. The number of nitrogens with zero attached hydrogens (tertiary/aromatic N) is 4. The van der Waals surface area contributed by atoms with Crippen molar-refractivity contribution in [2.75, 3.05) is 12.3 Å². The minimum atomic E-state index is -0.371. The molecule has 0 atom stereocenters. The van der Waals surface area contributed by atoms with Crippen LogP contribution in [0.3, 0.4) is 0 Å². The molecule has 0 spiro atoms. The van der Waals surface area contributed by atoms with Crippen molar-refractivity contribution in [3.05, 3.63) is 42.1 Å². The quantitative estimate of drug-likeness (QED) is 0.733. The van der Waals surface area contributed by atoms with Crippen LogP contribution in [-0.4, -0.2) is 32.2 Å². The van der Waals surface area contributed by atoms with Gasteiger partial charge < -0.3 is 10.5 Å². The van der Waals surface area contributed by atoms with Gasteiger partial charge in [-0.15, -0.1) is 5.10 Å². The molecule has 0 unspecified atom stereocenters. The molecule has 0 aliphatic rings. The third kappa shape index (κ3) is 2.40. The van der Waals surface area contributed by atoms with Gasteiger partial charge in [0.2, 0.25) is 5.95 Å². The van der Waals surface area contributed by atoms with E-state index in [0.717, 1.165) is 5.56 Å². The van der Waals surface area contributed by atoms with E-state index < -0.39 is 0 Å². The maximum absolute atomic E-state index is 11.8. The van der Waals surface area contributed by atoms with Crippen molar-refractivity contribution < 1.29 is 9.53 Å². The number of hydrogen-bond acceptors (Lipinski definition) is 6. The summed E-state index contributed by atoms with van der Waals surface area (Å²) in [6.07, 6.45) is 1.62. The van der Waals surface area contributed by atoms with Gasteiger partial charge in [0.05, 0.1) is 12.2 Å². The van der Waals surface area contributed by atoms with E-state index in [0.29, 0.717) is 23.6 Å². The topological polar surface area (TPSA) is 95.4 Å². The lowest BCUT2D eigenvalue weighted by atomic mass is 10.1. The number of rotatable bonds is 3. The zero-order chi connectivity index (χ0) is 14.8. The summed E-state index contributed by atoms with van der Waals surface area (Å²) in [6, 6.07) is 8.71. The first-order valence-corrected chi connectivity index (χ1v) is 6.44. The minimum absolute atomic E-state index is 0.172. The van der Waals surface area contributed by atoms with Gasteiger partial charge in [0.25, 0.3) is 0 Å². The fourth-order valence-corrected chi connectivity index (χ4v) is 2.03. The summed E-state index contributed by atoms with van der Waals surface area (Å²) in [6.45, 7) is 2.10. The van der Waals surface area contributed by atoms with Crippen LogP contribution in [0.4, 0.5) is 5.95 Å². The van der Waals surface area contributed by atoms with Crippen LogP contribution < -0.4 is 5.73 Å². The Kier molecular flexibility index (Phi) is 3.23. The first-order valence-electron chi connectivity index (χ1n) is 6.44. The molecule has 0 radical (unpaired) electrons. The maximum Gasteiger partial charge on any atom is 0.338 e. The second-order valence-corrected chi connectivity index (χ2v) is 4.31. The highest BCUT2D eigenvalue weighted by Gasteiger charge is 2.12. The lowest BCUT2D eigenvalue weighted by Crippen LogP contribution is -2.05. The van der Waals surface area contributed by atoms with Crippen LogP contribution in [0.25, 0.3) is 17.0 Å². The molecule has 0 saturated carbocycles. The van der Waals surface area contributed by atoms with Crippen molar-refractivity contribution in [3.63, 3.8) is 0 Å². The van der Waals surface area contributed by atoms with Crippen LogP contribution in [0.15, 0.2) is 36.5 Å². The summed E-state index contributed by atoms with van der Waals surface area (Å²) in [7, 11) is 0. The molecule has 7 nitrogen and oxygen atoms in total. The summed E-state index contributed by atoms with van der Waals surface area (Å²) >= 11 is 0. The van der Waals surface area contributed by atoms with E-state index in [1.165, 1.54) is 0 Å². The molecular weight excluding hydrogens is 270 g/mol. The Labute approximate surface area is 120 Å². The van der Waals surface area contributed by atoms with Gasteiger partial charge in [-0.2, -0.15) is 9.50 Å². The first-order chi connectivity index (χ1) is 10.2. The average molecular weight is 283 g/mol. The first kappa shape index (κ1) is 13.0. The Balaban J connectivity index is 2.10. The molecule has 1 aromatic carbocycles. The molecule has 2 N–H and O–H groups in total. The molecule has 2 heterocycles. The van der Waals surface area contributed by atoms with Crippen molar-refractivity contribution >= 4 is 17.6 Å². The molecule has 3 aromatic rings. The largest absolute Gasteiger partial charge is 0.462 e. The van der Waals surface area contributed by atoms with Gasteiger partial charge in [0.15, 0.2) is 11.5 Å². The summed E-state index contributed by atoms with van der Waals surface area (Å²) in [5.41, 5.74) is 7.40. The maximum atomic E-state index is 11.8. The van der Waals surface area contributed by atoms with Crippen LogP contribution in [0, 0.1) is 0 Å². The van der Waals surface area contributed by atoms with Gasteiger partial charge in [0.1, 0.15) is 0 Å². The number of hydrogen-bond donors (Lipinski definition) is 1. The molecule has 0 fully saturated rings. The smallest absolute Gasteiger partial charge is 0.338 e. The van der Waals surface area contributed by atoms with E-state index in [-0.39, 0.29) is 11.9 Å². The predicted octanol–water partition coefficient (Wildman–Crippen LogP) is 1.55. The highest BCUT2D eigenvalue weighted by atomic mass is 16.5.